The minimum atomic E-state index is -0.449. The summed E-state index contributed by atoms with van der Waals surface area (Å²) in [4.78, 5) is 24.3. The summed E-state index contributed by atoms with van der Waals surface area (Å²) in [5.41, 5.74) is 2.31. The first-order valence-electron chi connectivity index (χ1n) is 9.03. The number of nitrogens with one attached hydrogen (secondary N) is 1. The average Bonchev–Trinajstić information content (AvgIpc) is 2.60. The molecule has 0 aromatic heterocycles. The molecule has 6 heteroatoms. The molecule has 1 aromatic carbocycles. The van der Waals surface area contributed by atoms with E-state index in [-0.39, 0.29) is 25.4 Å². The zero-order valence-electron chi connectivity index (χ0n) is 16.6. The van der Waals surface area contributed by atoms with Crippen LogP contribution in [-0.4, -0.2) is 31.3 Å². The van der Waals surface area contributed by atoms with Crippen molar-refractivity contribution in [3.05, 3.63) is 47.2 Å². The molecule has 144 valence electrons. The van der Waals surface area contributed by atoms with Crippen LogP contribution >= 0.6 is 0 Å². The van der Waals surface area contributed by atoms with Crippen molar-refractivity contribution in [2.24, 2.45) is 0 Å². The molecule has 0 saturated heterocycles. The number of esters is 1. The number of allylic oxidation sites excluding steroid dienone is 1. The number of hydrogen-bond acceptors (Lipinski definition) is 4. The number of benzene rings is 1. The molecule has 0 saturated carbocycles. The SMILES string of the molecule is C#CCCC(=O)NC(Cc1cccc(C(=O)OCOC(=C)C)c1C)B(C)C. The molecule has 1 atom stereocenters. The van der Waals surface area contributed by atoms with Crippen LogP contribution in [0.15, 0.2) is 30.5 Å². The molecule has 0 fully saturated rings. The Balaban J connectivity index is 2.86. The predicted molar refractivity (Wildman–Crippen MR) is 109 cm³/mol. The van der Waals surface area contributed by atoms with Crippen molar-refractivity contribution in [3.63, 3.8) is 0 Å². The molecule has 27 heavy (non-hydrogen) atoms. The second-order valence-electron chi connectivity index (χ2n) is 6.81. The summed E-state index contributed by atoms with van der Waals surface area (Å²) in [6.07, 6.45) is 6.57. The Morgan fingerprint density at radius 3 is 2.63 bits per heavy atom. The molecule has 0 aliphatic heterocycles. The molecular formula is C21H28BNO4. The lowest BCUT2D eigenvalue weighted by Gasteiger charge is -2.22. The van der Waals surface area contributed by atoms with Crippen LogP contribution in [0.25, 0.3) is 0 Å². The number of ether oxygens (including phenoxy) is 2. The highest BCUT2D eigenvalue weighted by atomic mass is 16.7. The van der Waals surface area contributed by atoms with E-state index >= 15 is 0 Å². The Kier molecular flexibility index (Phi) is 9.22. The van der Waals surface area contributed by atoms with E-state index in [1.165, 1.54) is 0 Å². The first-order valence-corrected chi connectivity index (χ1v) is 9.03. The van der Waals surface area contributed by atoms with E-state index in [9.17, 15) is 9.59 Å². The lowest BCUT2D eigenvalue weighted by molar-refractivity contribution is -0.121. The Labute approximate surface area is 162 Å². The molecular weight excluding hydrogens is 341 g/mol. The van der Waals surface area contributed by atoms with Crippen LogP contribution in [0.3, 0.4) is 0 Å². The monoisotopic (exact) mass is 369 g/mol. The molecule has 1 rings (SSSR count). The van der Waals surface area contributed by atoms with Gasteiger partial charge in [-0.1, -0.05) is 32.4 Å². The van der Waals surface area contributed by atoms with Crippen molar-refractivity contribution >= 4 is 18.6 Å². The van der Waals surface area contributed by atoms with Crippen molar-refractivity contribution < 1.29 is 19.1 Å². The van der Waals surface area contributed by atoms with Gasteiger partial charge in [0.05, 0.1) is 11.3 Å². The van der Waals surface area contributed by atoms with Crippen LogP contribution in [0, 0.1) is 19.3 Å². The van der Waals surface area contributed by atoms with Crippen LogP contribution < -0.4 is 5.32 Å². The number of carbonyl (C=O) groups is 2. The van der Waals surface area contributed by atoms with Gasteiger partial charge in [-0.15, -0.1) is 12.3 Å². The molecule has 0 aliphatic carbocycles. The largest absolute Gasteiger partial charge is 0.463 e. The van der Waals surface area contributed by atoms with Crippen molar-refractivity contribution in [1.82, 2.24) is 5.32 Å². The minimum Gasteiger partial charge on any atom is -0.463 e. The lowest BCUT2D eigenvalue weighted by atomic mass is 9.47. The summed E-state index contributed by atoms with van der Waals surface area (Å²) in [6.45, 7) is 11.3. The second kappa shape index (κ2) is 11.1. The first kappa shape index (κ1) is 22.4. The third-order valence-electron chi connectivity index (χ3n) is 4.25. The fourth-order valence-corrected chi connectivity index (χ4v) is 2.54. The maximum atomic E-state index is 12.3. The third kappa shape index (κ3) is 7.61. The zero-order chi connectivity index (χ0) is 20.4. The molecule has 1 unspecified atom stereocenters. The summed E-state index contributed by atoms with van der Waals surface area (Å²) in [5.74, 6) is 2.40. The predicted octanol–water partition coefficient (Wildman–Crippen LogP) is 3.39. The molecule has 1 N–H and O–H groups in total. The highest BCUT2D eigenvalue weighted by molar-refractivity contribution is 6.57. The quantitative estimate of drug-likeness (QED) is 0.226. The summed E-state index contributed by atoms with van der Waals surface area (Å²) in [5, 5.41) is 3.04. The van der Waals surface area contributed by atoms with Crippen molar-refractivity contribution in [3.8, 4) is 12.3 Å². The number of terminal acetylenes is 1. The number of carbonyl (C=O) groups excluding carboxylic acids is 2. The Morgan fingerprint density at radius 1 is 1.33 bits per heavy atom. The van der Waals surface area contributed by atoms with E-state index in [2.05, 4.69) is 31.5 Å². The topological polar surface area (TPSA) is 64.6 Å². The molecule has 5 nitrogen and oxygen atoms in total. The first-order chi connectivity index (χ1) is 12.8. The van der Waals surface area contributed by atoms with Gasteiger partial charge in [0.15, 0.2) is 6.71 Å². The van der Waals surface area contributed by atoms with Crippen LogP contribution in [0.1, 0.15) is 41.3 Å². The summed E-state index contributed by atoms with van der Waals surface area (Å²) < 4.78 is 10.2. The van der Waals surface area contributed by atoms with Gasteiger partial charge in [-0.3, -0.25) is 4.79 Å². The molecule has 1 amide bonds. The van der Waals surface area contributed by atoms with Gasteiger partial charge in [0.1, 0.15) is 0 Å². The van der Waals surface area contributed by atoms with Gasteiger partial charge in [0, 0.05) is 18.8 Å². The van der Waals surface area contributed by atoms with Crippen LogP contribution in [-0.2, 0) is 20.7 Å². The second-order valence-corrected chi connectivity index (χ2v) is 6.81. The van der Waals surface area contributed by atoms with E-state index in [1.54, 1.807) is 13.0 Å². The fourth-order valence-electron chi connectivity index (χ4n) is 2.54. The van der Waals surface area contributed by atoms with Gasteiger partial charge >= 0.3 is 5.97 Å². The fraction of sp³-hybridized carbons (Fsp3) is 0.429. The van der Waals surface area contributed by atoms with Crippen molar-refractivity contribution in [1.29, 1.82) is 0 Å². The molecule has 1 aromatic rings. The van der Waals surface area contributed by atoms with E-state index < -0.39 is 5.97 Å². The molecule has 0 aliphatic rings. The molecule has 0 radical (unpaired) electrons. The van der Waals surface area contributed by atoms with Gasteiger partial charge in [-0.25, -0.2) is 4.79 Å². The van der Waals surface area contributed by atoms with E-state index in [4.69, 9.17) is 15.9 Å². The summed E-state index contributed by atoms with van der Waals surface area (Å²) in [6, 6.07) is 5.49. The average molecular weight is 369 g/mol. The highest BCUT2D eigenvalue weighted by Gasteiger charge is 2.21. The maximum absolute atomic E-state index is 12.3. The van der Waals surface area contributed by atoms with Gasteiger partial charge in [-0.05, 0) is 37.5 Å². The maximum Gasteiger partial charge on any atom is 0.341 e. The molecule has 0 spiro atoms. The Morgan fingerprint density at radius 2 is 2.04 bits per heavy atom. The van der Waals surface area contributed by atoms with E-state index in [0.29, 0.717) is 30.6 Å². The summed E-state index contributed by atoms with van der Waals surface area (Å²) in [7, 11) is 0. The standard InChI is InChI=1S/C21H28BNO4/c1-7-8-12-20(24)23-19(22(5)6)13-17-10-9-11-18(16(17)4)21(25)27-14-26-15(2)3/h1,9-11,19H,2,8,12-14H2,3-6H3,(H,23,24). The van der Waals surface area contributed by atoms with Gasteiger partial charge in [-0.2, -0.15) is 0 Å². The summed E-state index contributed by atoms with van der Waals surface area (Å²) >= 11 is 0. The molecule has 0 heterocycles. The van der Waals surface area contributed by atoms with Crippen molar-refractivity contribution in [2.75, 3.05) is 6.79 Å². The highest BCUT2D eigenvalue weighted by Crippen LogP contribution is 2.18. The van der Waals surface area contributed by atoms with Crippen LogP contribution in [0.5, 0.6) is 0 Å². The van der Waals surface area contributed by atoms with E-state index in [1.807, 2.05) is 19.1 Å². The molecule has 0 bridgehead atoms. The van der Waals surface area contributed by atoms with Gasteiger partial charge < -0.3 is 14.8 Å². The van der Waals surface area contributed by atoms with Crippen LogP contribution in [0.2, 0.25) is 13.6 Å². The van der Waals surface area contributed by atoms with E-state index in [0.717, 1.165) is 11.1 Å². The Bertz CT molecular complexity index is 721. The Hall–Kier alpha value is -2.68. The zero-order valence-corrected chi connectivity index (χ0v) is 16.6. The van der Waals surface area contributed by atoms with Crippen molar-refractivity contribution in [2.45, 2.75) is 52.7 Å². The van der Waals surface area contributed by atoms with Gasteiger partial charge in [0.25, 0.3) is 0 Å². The van der Waals surface area contributed by atoms with Crippen LogP contribution in [0.4, 0.5) is 0 Å². The number of amides is 1. The normalized spacial score (nSPS) is 11.1. The van der Waals surface area contributed by atoms with Gasteiger partial charge in [0.2, 0.25) is 12.7 Å². The lowest BCUT2D eigenvalue weighted by Crippen LogP contribution is -2.44. The number of rotatable bonds is 10. The minimum absolute atomic E-state index is 0.0491. The number of hydrogen-bond donors (Lipinski definition) is 1. The smallest absolute Gasteiger partial charge is 0.341 e. The third-order valence-corrected chi connectivity index (χ3v) is 4.25.